The van der Waals surface area contributed by atoms with E-state index in [1.807, 2.05) is 43.4 Å². The zero-order valence-corrected chi connectivity index (χ0v) is 12.3. The van der Waals surface area contributed by atoms with E-state index in [2.05, 4.69) is 11.0 Å². The fraction of sp³-hybridized carbons (Fsp3) is 0.235. The van der Waals surface area contributed by atoms with Gasteiger partial charge in [0.05, 0.1) is 18.7 Å². The molecule has 0 radical (unpaired) electrons. The Bertz CT molecular complexity index is 644. The number of nitrogens with two attached hydrogens (primary N) is 1. The van der Waals surface area contributed by atoms with Crippen molar-refractivity contribution >= 4 is 5.69 Å². The molecule has 0 spiro atoms. The lowest BCUT2D eigenvalue weighted by molar-refractivity contribution is 0.310. The zero-order valence-electron chi connectivity index (χ0n) is 12.3. The van der Waals surface area contributed by atoms with Gasteiger partial charge in [-0.1, -0.05) is 12.1 Å². The minimum atomic E-state index is 0.645. The molecule has 0 heterocycles. The summed E-state index contributed by atoms with van der Waals surface area (Å²) in [5.41, 5.74) is 9.31. The van der Waals surface area contributed by atoms with Crippen molar-refractivity contribution < 1.29 is 4.74 Å². The molecule has 2 N–H and O–H groups in total. The summed E-state index contributed by atoms with van der Waals surface area (Å²) in [6, 6.07) is 15.5. The van der Waals surface area contributed by atoms with Crippen molar-refractivity contribution in [2.75, 3.05) is 19.9 Å². The van der Waals surface area contributed by atoms with Gasteiger partial charge in [0.1, 0.15) is 5.75 Å². The molecule has 21 heavy (non-hydrogen) atoms. The number of hydrogen-bond acceptors (Lipinski definition) is 4. The molecule has 0 atom stereocenters. The van der Waals surface area contributed by atoms with Crippen LogP contribution in [-0.4, -0.2) is 19.1 Å². The first-order valence-electron chi connectivity index (χ1n) is 6.72. The van der Waals surface area contributed by atoms with E-state index in [0.29, 0.717) is 12.1 Å². The summed E-state index contributed by atoms with van der Waals surface area (Å²) in [7, 11) is 3.68. The van der Waals surface area contributed by atoms with Gasteiger partial charge in [0, 0.05) is 24.3 Å². The van der Waals surface area contributed by atoms with E-state index in [9.17, 15) is 0 Å². The van der Waals surface area contributed by atoms with Crippen LogP contribution in [0.2, 0.25) is 0 Å². The fourth-order valence-corrected chi connectivity index (χ4v) is 2.25. The lowest BCUT2D eigenvalue weighted by Gasteiger charge is -2.18. The summed E-state index contributed by atoms with van der Waals surface area (Å²) in [6.07, 6.45) is 0. The Kier molecular flexibility index (Phi) is 4.81. The monoisotopic (exact) mass is 281 g/mol. The maximum absolute atomic E-state index is 9.00. The SMILES string of the molecule is COc1ccc(C#N)cc1CN(C)Cc1ccc(N)cc1. The molecule has 0 saturated carbocycles. The normalized spacial score (nSPS) is 10.4. The molecule has 0 amide bonds. The average Bonchev–Trinajstić information content (AvgIpc) is 2.49. The Morgan fingerprint density at radius 1 is 1.14 bits per heavy atom. The first-order valence-corrected chi connectivity index (χ1v) is 6.72. The summed E-state index contributed by atoms with van der Waals surface area (Å²) in [6.45, 7) is 1.52. The first kappa shape index (κ1) is 14.9. The van der Waals surface area contributed by atoms with Crippen molar-refractivity contribution in [2.45, 2.75) is 13.1 Å². The molecule has 2 aromatic carbocycles. The molecule has 0 saturated heterocycles. The van der Waals surface area contributed by atoms with E-state index >= 15 is 0 Å². The Morgan fingerprint density at radius 2 is 1.86 bits per heavy atom. The van der Waals surface area contributed by atoms with Gasteiger partial charge in [0.2, 0.25) is 0 Å². The van der Waals surface area contributed by atoms with Gasteiger partial charge in [-0.15, -0.1) is 0 Å². The predicted molar refractivity (Wildman–Crippen MR) is 83.7 cm³/mol. The van der Waals surface area contributed by atoms with Crippen LogP contribution < -0.4 is 10.5 Å². The molecule has 0 aromatic heterocycles. The highest BCUT2D eigenvalue weighted by atomic mass is 16.5. The van der Waals surface area contributed by atoms with E-state index in [4.69, 9.17) is 15.7 Å². The van der Waals surface area contributed by atoms with Gasteiger partial charge in [0.25, 0.3) is 0 Å². The second kappa shape index (κ2) is 6.78. The zero-order chi connectivity index (χ0) is 15.2. The van der Waals surface area contributed by atoms with Crippen LogP contribution in [-0.2, 0) is 13.1 Å². The molecular weight excluding hydrogens is 262 g/mol. The molecule has 0 bridgehead atoms. The molecule has 4 heteroatoms. The van der Waals surface area contributed by atoms with E-state index in [1.54, 1.807) is 13.2 Å². The minimum absolute atomic E-state index is 0.645. The Labute approximate surface area is 125 Å². The van der Waals surface area contributed by atoms with Gasteiger partial charge in [-0.05, 0) is 42.9 Å². The van der Waals surface area contributed by atoms with Crippen molar-refractivity contribution in [1.82, 2.24) is 4.90 Å². The average molecular weight is 281 g/mol. The molecule has 2 aromatic rings. The molecule has 0 unspecified atom stereocenters. The van der Waals surface area contributed by atoms with Gasteiger partial charge in [-0.25, -0.2) is 0 Å². The van der Waals surface area contributed by atoms with E-state index < -0.39 is 0 Å². The smallest absolute Gasteiger partial charge is 0.123 e. The van der Waals surface area contributed by atoms with E-state index in [0.717, 1.165) is 23.5 Å². The molecule has 4 nitrogen and oxygen atoms in total. The van der Waals surface area contributed by atoms with Crippen molar-refractivity contribution in [2.24, 2.45) is 0 Å². The van der Waals surface area contributed by atoms with Crippen molar-refractivity contribution in [3.63, 3.8) is 0 Å². The van der Waals surface area contributed by atoms with Crippen molar-refractivity contribution in [3.05, 3.63) is 59.2 Å². The molecule has 0 aliphatic rings. The second-order valence-electron chi connectivity index (χ2n) is 5.05. The molecule has 0 fully saturated rings. The maximum atomic E-state index is 9.00. The third-order valence-electron chi connectivity index (χ3n) is 3.28. The first-order chi connectivity index (χ1) is 10.1. The third kappa shape index (κ3) is 3.98. The fourth-order valence-electron chi connectivity index (χ4n) is 2.25. The number of nitrogens with zero attached hydrogens (tertiary/aromatic N) is 2. The number of benzene rings is 2. The quantitative estimate of drug-likeness (QED) is 0.856. The van der Waals surface area contributed by atoms with E-state index in [1.165, 1.54) is 5.56 Å². The number of nitriles is 1. The second-order valence-corrected chi connectivity index (χ2v) is 5.05. The lowest BCUT2D eigenvalue weighted by atomic mass is 10.1. The van der Waals surface area contributed by atoms with Crippen molar-refractivity contribution in [3.8, 4) is 11.8 Å². The van der Waals surface area contributed by atoms with Crippen LogP contribution in [0.4, 0.5) is 5.69 Å². The van der Waals surface area contributed by atoms with Crippen LogP contribution >= 0.6 is 0 Å². The highest BCUT2D eigenvalue weighted by molar-refractivity contribution is 5.42. The molecule has 0 aliphatic heterocycles. The van der Waals surface area contributed by atoms with Crippen LogP contribution in [0.15, 0.2) is 42.5 Å². The highest BCUT2D eigenvalue weighted by Gasteiger charge is 2.08. The largest absolute Gasteiger partial charge is 0.496 e. The Morgan fingerprint density at radius 3 is 2.48 bits per heavy atom. The molecule has 108 valence electrons. The lowest BCUT2D eigenvalue weighted by Crippen LogP contribution is -2.17. The minimum Gasteiger partial charge on any atom is -0.496 e. The summed E-state index contributed by atoms with van der Waals surface area (Å²) in [5.74, 6) is 0.804. The van der Waals surface area contributed by atoms with Gasteiger partial charge >= 0.3 is 0 Å². The highest BCUT2D eigenvalue weighted by Crippen LogP contribution is 2.21. The summed E-state index contributed by atoms with van der Waals surface area (Å²) in [4.78, 5) is 2.17. The van der Waals surface area contributed by atoms with Crippen LogP contribution in [0, 0.1) is 11.3 Å². The number of anilines is 1. The molecule has 2 rings (SSSR count). The summed E-state index contributed by atoms with van der Waals surface area (Å²) >= 11 is 0. The van der Waals surface area contributed by atoms with Crippen LogP contribution in [0.5, 0.6) is 5.75 Å². The van der Waals surface area contributed by atoms with Gasteiger partial charge in [-0.3, -0.25) is 4.90 Å². The third-order valence-corrected chi connectivity index (χ3v) is 3.28. The topological polar surface area (TPSA) is 62.3 Å². The number of ether oxygens (including phenoxy) is 1. The van der Waals surface area contributed by atoms with Gasteiger partial charge in [-0.2, -0.15) is 5.26 Å². The number of methoxy groups -OCH3 is 1. The standard InChI is InChI=1S/C17H19N3O/c1-20(11-13-3-6-16(19)7-4-13)12-15-9-14(10-18)5-8-17(15)21-2/h3-9H,11-12,19H2,1-2H3. The van der Waals surface area contributed by atoms with Crippen LogP contribution in [0.1, 0.15) is 16.7 Å². The van der Waals surface area contributed by atoms with Crippen LogP contribution in [0.3, 0.4) is 0 Å². The Balaban J connectivity index is 2.10. The maximum Gasteiger partial charge on any atom is 0.123 e. The van der Waals surface area contributed by atoms with Gasteiger partial charge in [0.15, 0.2) is 0 Å². The number of hydrogen-bond donors (Lipinski definition) is 1. The molecule has 0 aliphatic carbocycles. The predicted octanol–water partition coefficient (Wildman–Crippen LogP) is 2.78. The van der Waals surface area contributed by atoms with E-state index in [-0.39, 0.29) is 0 Å². The van der Waals surface area contributed by atoms with Crippen molar-refractivity contribution in [1.29, 1.82) is 5.26 Å². The van der Waals surface area contributed by atoms with Crippen LogP contribution in [0.25, 0.3) is 0 Å². The summed E-state index contributed by atoms with van der Waals surface area (Å²) < 4.78 is 5.36. The number of nitrogen functional groups attached to an aromatic ring is 1. The van der Waals surface area contributed by atoms with Gasteiger partial charge < -0.3 is 10.5 Å². The summed E-state index contributed by atoms with van der Waals surface area (Å²) in [5, 5.41) is 9.00. The number of rotatable bonds is 5. The molecular formula is C17H19N3O. The Hall–Kier alpha value is -2.51.